The summed E-state index contributed by atoms with van der Waals surface area (Å²) in [6.45, 7) is 1.66. The maximum Gasteiger partial charge on any atom is 0.227 e. The lowest BCUT2D eigenvalue weighted by molar-refractivity contribution is -0.272. The van der Waals surface area contributed by atoms with E-state index in [1.807, 2.05) is 36.4 Å². The maximum atomic E-state index is 11.8. The van der Waals surface area contributed by atoms with Gasteiger partial charge in [0.1, 0.15) is 0 Å². The Kier molecular flexibility index (Phi) is 5.62. The van der Waals surface area contributed by atoms with Crippen molar-refractivity contribution in [3.63, 3.8) is 0 Å². The van der Waals surface area contributed by atoms with Gasteiger partial charge in [-0.25, -0.2) is 0 Å². The standard InChI is InChI=1S/C15H16N2O3S/c1-12(15(18)21-16)17(19-13-8-4-2-5-9-13)20-14-10-6-3-7-11-14/h2-12H,16H2,1H3/t12-/m0/s1. The molecule has 0 heterocycles. The third-order valence-corrected chi connectivity index (χ3v) is 3.22. The van der Waals surface area contributed by atoms with E-state index in [1.165, 1.54) is 0 Å². The molecule has 21 heavy (non-hydrogen) atoms. The van der Waals surface area contributed by atoms with Crippen molar-refractivity contribution in [3.05, 3.63) is 60.7 Å². The van der Waals surface area contributed by atoms with Crippen molar-refractivity contribution in [2.45, 2.75) is 13.0 Å². The minimum absolute atomic E-state index is 0.262. The van der Waals surface area contributed by atoms with Crippen LogP contribution in [0, 0.1) is 0 Å². The maximum absolute atomic E-state index is 11.8. The van der Waals surface area contributed by atoms with Crippen molar-refractivity contribution in [3.8, 4) is 11.5 Å². The first kappa shape index (κ1) is 15.4. The summed E-state index contributed by atoms with van der Waals surface area (Å²) in [6.07, 6.45) is 0. The molecule has 0 fully saturated rings. The molecule has 1 atom stereocenters. The number of carbonyl (C=O) groups excluding carboxylic acids is 1. The molecule has 0 saturated carbocycles. The van der Waals surface area contributed by atoms with E-state index in [-0.39, 0.29) is 5.12 Å². The Morgan fingerprint density at radius 2 is 1.43 bits per heavy atom. The Bertz CT molecular complexity index is 524. The number of para-hydroxylation sites is 2. The molecular formula is C15H16N2O3S. The summed E-state index contributed by atoms with van der Waals surface area (Å²) < 4.78 is 0. The molecule has 0 radical (unpaired) electrons. The van der Waals surface area contributed by atoms with Gasteiger partial charge in [-0.05, 0) is 43.1 Å². The first-order valence-electron chi connectivity index (χ1n) is 6.36. The van der Waals surface area contributed by atoms with Crippen LogP contribution in [0.2, 0.25) is 0 Å². The van der Waals surface area contributed by atoms with Crippen molar-refractivity contribution in [1.82, 2.24) is 5.23 Å². The second-order valence-electron chi connectivity index (χ2n) is 4.21. The van der Waals surface area contributed by atoms with Gasteiger partial charge < -0.3 is 9.68 Å². The average Bonchev–Trinajstić information content (AvgIpc) is 2.54. The van der Waals surface area contributed by atoms with Crippen LogP contribution in [0.25, 0.3) is 0 Å². The van der Waals surface area contributed by atoms with Crippen LogP contribution < -0.4 is 14.8 Å². The van der Waals surface area contributed by atoms with Crippen molar-refractivity contribution < 1.29 is 14.5 Å². The van der Waals surface area contributed by atoms with Gasteiger partial charge in [0, 0.05) is 5.23 Å². The summed E-state index contributed by atoms with van der Waals surface area (Å²) >= 11 is 0.642. The first-order valence-corrected chi connectivity index (χ1v) is 7.24. The molecule has 0 aliphatic rings. The van der Waals surface area contributed by atoms with Gasteiger partial charge in [0.15, 0.2) is 17.5 Å². The van der Waals surface area contributed by atoms with E-state index in [9.17, 15) is 4.79 Å². The third kappa shape index (κ3) is 4.49. The van der Waals surface area contributed by atoms with Crippen LogP contribution in [0.15, 0.2) is 60.7 Å². The Hall–Kier alpha value is -2.02. The zero-order valence-electron chi connectivity index (χ0n) is 11.5. The van der Waals surface area contributed by atoms with Crippen LogP contribution >= 0.6 is 11.9 Å². The number of nitrogens with zero attached hydrogens (tertiary/aromatic N) is 1. The average molecular weight is 304 g/mol. The van der Waals surface area contributed by atoms with Gasteiger partial charge in [-0.2, -0.15) is 0 Å². The molecule has 0 amide bonds. The Balaban J connectivity index is 2.15. The molecule has 2 aromatic carbocycles. The fourth-order valence-corrected chi connectivity index (χ4v) is 1.81. The molecule has 0 bridgehead atoms. The number of nitrogens with two attached hydrogens (primary N) is 1. The second kappa shape index (κ2) is 7.68. The minimum Gasteiger partial charge on any atom is -0.370 e. The quantitative estimate of drug-likeness (QED) is 0.654. The van der Waals surface area contributed by atoms with Crippen molar-refractivity contribution in [2.24, 2.45) is 5.14 Å². The van der Waals surface area contributed by atoms with Crippen molar-refractivity contribution in [1.29, 1.82) is 0 Å². The molecule has 2 aromatic rings. The highest BCUT2D eigenvalue weighted by atomic mass is 32.2. The van der Waals surface area contributed by atoms with E-state index >= 15 is 0 Å². The van der Waals surface area contributed by atoms with E-state index in [0.29, 0.717) is 23.4 Å². The van der Waals surface area contributed by atoms with Gasteiger partial charge in [0.05, 0.1) is 0 Å². The smallest absolute Gasteiger partial charge is 0.227 e. The van der Waals surface area contributed by atoms with Gasteiger partial charge in [-0.15, -0.1) is 0 Å². The van der Waals surface area contributed by atoms with Crippen LogP contribution in [0.5, 0.6) is 11.5 Å². The molecule has 0 aromatic heterocycles. The molecule has 0 saturated heterocycles. The van der Waals surface area contributed by atoms with Crippen LogP contribution in [-0.2, 0) is 4.79 Å². The molecule has 0 spiro atoms. The summed E-state index contributed by atoms with van der Waals surface area (Å²) in [6, 6.07) is 17.5. The van der Waals surface area contributed by atoms with Crippen LogP contribution in [-0.4, -0.2) is 16.4 Å². The number of hydrogen-bond donors (Lipinski definition) is 1. The lowest BCUT2D eigenvalue weighted by Gasteiger charge is -2.25. The number of hydrogen-bond acceptors (Lipinski definition) is 6. The predicted octanol–water partition coefficient (Wildman–Crippen LogP) is 2.80. The predicted molar refractivity (Wildman–Crippen MR) is 82.2 cm³/mol. The minimum atomic E-state index is -0.666. The summed E-state index contributed by atoms with van der Waals surface area (Å²) in [4.78, 5) is 23.0. The highest BCUT2D eigenvalue weighted by Crippen LogP contribution is 2.18. The van der Waals surface area contributed by atoms with E-state index < -0.39 is 6.04 Å². The fourth-order valence-electron chi connectivity index (χ4n) is 1.53. The number of benzene rings is 2. The van der Waals surface area contributed by atoms with Gasteiger partial charge in [0.25, 0.3) is 0 Å². The van der Waals surface area contributed by atoms with Crippen molar-refractivity contribution >= 4 is 17.1 Å². The van der Waals surface area contributed by atoms with E-state index in [1.54, 1.807) is 31.2 Å². The zero-order chi connectivity index (χ0) is 15.1. The van der Waals surface area contributed by atoms with Gasteiger partial charge in [0.2, 0.25) is 5.12 Å². The first-order chi connectivity index (χ1) is 10.2. The lowest BCUT2D eigenvalue weighted by Crippen LogP contribution is -2.43. The van der Waals surface area contributed by atoms with Crippen LogP contribution in [0.4, 0.5) is 0 Å². The number of rotatable bonds is 6. The highest BCUT2D eigenvalue weighted by Gasteiger charge is 2.25. The van der Waals surface area contributed by atoms with Gasteiger partial charge in [-0.3, -0.25) is 9.93 Å². The molecule has 2 N–H and O–H groups in total. The van der Waals surface area contributed by atoms with Gasteiger partial charge >= 0.3 is 0 Å². The highest BCUT2D eigenvalue weighted by molar-refractivity contribution is 8.11. The Labute approximate surface area is 127 Å². The number of hydroxylamine groups is 2. The molecule has 6 heteroatoms. The number of carbonyl (C=O) groups is 1. The fraction of sp³-hybridized carbons (Fsp3) is 0.133. The topological polar surface area (TPSA) is 64.8 Å². The molecule has 2 rings (SSSR count). The SMILES string of the molecule is C[C@@H](C(=O)SN)N(Oc1ccccc1)Oc1ccccc1. The normalized spacial score (nSPS) is 12.0. The summed E-state index contributed by atoms with van der Waals surface area (Å²) in [7, 11) is 0. The monoisotopic (exact) mass is 304 g/mol. The summed E-state index contributed by atoms with van der Waals surface area (Å²) in [5.74, 6) is 1.13. The largest absolute Gasteiger partial charge is 0.370 e. The summed E-state index contributed by atoms with van der Waals surface area (Å²) in [5, 5.41) is 6.21. The second-order valence-corrected chi connectivity index (χ2v) is 4.84. The Morgan fingerprint density at radius 3 is 1.81 bits per heavy atom. The lowest BCUT2D eigenvalue weighted by atomic mass is 10.3. The Morgan fingerprint density at radius 1 is 1.00 bits per heavy atom. The zero-order valence-corrected chi connectivity index (χ0v) is 12.3. The molecule has 0 unspecified atom stereocenters. The molecule has 5 nitrogen and oxygen atoms in total. The molecule has 0 aliphatic carbocycles. The summed E-state index contributed by atoms with van der Waals surface area (Å²) in [5.41, 5.74) is 0. The van der Waals surface area contributed by atoms with Crippen LogP contribution in [0.3, 0.4) is 0 Å². The van der Waals surface area contributed by atoms with Crippen LogP contribution in [0.1, 0.15) is 6.92 Å². The van der Waals surface area contributed by atoms with E-state index in [2.05, 4.69) is 0 Å². The molecular weight excluding hydrogens is 288 g/mol. The van der Waals surface area contributed by atoms with Crippen molar-refractivity contribution in [2.75, 3.05) is 0 Å². The van der Waals surface area contributed by atoms with Gasteiger partial charge in [-0.1, -0.05) is 36.4 Å². The molecule has 110 valence electrons. The third-order valence-electron chi connectivity index (χ3n) is 2.65. The van der Waals surface area contributed by atoms with E-state index in [4.69, 9.17) is 14.8 Å². The molecule has 0 aliphatic heterocycles. The van der Waals surface area contributed by atoms with E-state index in [0.717, 1.165) is 5.23 Å².